The van der Waals surface area contributed by atoms with Crippen molar-refractivity contribution in [1.82, 2.24) is 15.3 Å². The van der Waals surface area contributed by atoms with E-state index in [0.717, 1.165) is 13.0 Å². The Morgan fingerprint density at radius 3 is 2.79 bits per heavy atom. The van der Waals surface area contributed by atoms with E-state index in [1.165, 1.54) is 0 Å². The van der Waals surface area contributed by atoms with Crippen LogP contribution in [0, 0.1) is 11.3 Å². The highest BCUT2D eigenvalue weighted by Crippen LogP contribution is 2.35. The van der Waals surface area contributed by atoms with E-state index in [1.54, 1.807) is 6.20 Å². The number of carbonyl (C=O) groups is 1. The van der Waals surface area contributed by atoms with Crippen LogP contribution >= 0.6 is 31.9 Å². The molecule has 7 heteroatoms. The van der Waals surface area contributed by atoms with Gasteiger partial charge in [0.25, 0.3) is 0 Å². The molecule has 2 N–H and O–H groups in total. The summed E-state index contributed by atoms with van der Waals surface area (Å²) < 4.78 is 1.15. The topological polar surface area (TPSA) is 66.9 Å². The lowest BCUT2D eigenvalue weighted by molar-refractivity contribution is -0.126. The Morgan fingerprint density at radius 2 is 2.26 bits per heavy atom. The van der Waals surface area contributed by atoms with Crippen molar-refractivity contribution in [1.29, 1.82) is 0 Å². The molecule has 1 fully saturated rings. The Balaban J connectivity index is 2.20. The molecule has 0 spiro atoms. The zero-order chi connectivity index (χ0) is 14.0. The number of halogens is 2. The predicted molar refractivity (Wildman–Crippen MR) is 80.8 cm³/mol. The lowest BCUT2D eigenvalue weighted by Crippen LogP contribution is -2.42. The molecule has 1 aliphatic heterocycles. The number of amides is 1. The van der Waals surface area contributed by atoms with Crippen molar-refractivity contribution in [3.8, 4) is 0 Å². The van der Waals surface area contributed by atoms with Crippen molar-refractivity contribution in [3.05, 3.63) is 15.4 Å². The number of nitrogens with one attached hydrogen (secondary N) is 2. The van der Waals surface area contributed by atoms with Gasteiger partial charge in [0, 0.05) is 6.54 Å². The summed E-state index contributed by atoms with van der Waals surface area (Å²) in [7, 11) is 0. The van der Waals surface area contributed by atoms with Gasteiger partial charge in [0.15, 0.2) is 5.82 Å². The van der Waals surface area contributed by atoms with Crippen LogP contribution in [0.1, 0.15) is 20.3 Å². The van der Waals surface area contributed by atoms with Crippen molar-refractivity contribution < 1.29 is 4.79 Å². The van der Waals surface area contributed by atoms with Crippen LogP contribution < -0.4 is 10.6 Å². The molecule has 0 saturated carbocycles. The summed E-state index contributed by atoms with van der Waals surface area (Å²) in [5.74, 6) is 0.731. The molecule has 104 valence electrons. The zero-order valence-corrected chi connectivity index (χ0v) is 14.0. The summed E-state index contributed by atoms with van der Waals surface area (Å²) in [6, 6.07) is 0. The maximum atomic E-state index is 12.6. The molecule has 0 aromatic carbocycles. The van der Waals surface area contributed by atoms with E-state index in [2.05, 4.69) is 66.3 Å². The average Bonchev–Trinajstić information content (AvgIpc) is 2.83. The maximum Gasteiger partial charge on any atom is 0.233 e. The Hall–Kier alpha value is -0.530. The summed E-state index contributed by atoms with van der Waals surface area (Å²) in [6.45, 7) is 5.74. The van der Waals surface area contributed by atoms with Crippen LogP contribution in [0.2, 0.25) is 0 Å². The molecular weight excluding hydrogens is 376 g/mol. The molecule has 1 atom stereocenters. The van der Waals surface area contributed by atoms with Crippen LogP contribution in [0.3, 0.4) is 0 Å². The number of hydrogen-bond donors (Lipinski definition) is 2. The molecule has 1 aromatic rings. The second kappa shape index (κ2) is 5.85. The molecule has 0 bridgehead atoms. The molecule has 19 heavy (non-hydrogen) atoms. The molecule has 1 saturated heterocycles. The lowest BCUT2D eigenvalue weighted by atomic mass is 9.75. The highest BCUT2D eigenvalue weighted by molar-refractivity contribution is 9.11. The molecule has 1 unspecified atom stereocenters. The van der Waals surface area contributed by atoms with Crippen molar-refractivity contribution in [2.75, 3.05) is 18.4 Å². The van der Waals surface area contributed by atoms with Gasteiger partial charge in [-0.25, -0.2) is 9.97 Å². The monoisotopic (exact) mass is 390 g/mol. The van der Waals surface area contributed by atoms with E-state index in [1.807, 2.05) is 0 Å². The van der Waals surface area contributed by atoms with Gasteiger partial charge >= 0.3 is 0 Å². The fraction of sp³-hybridized carbons (Fsp3) is 0.583. The standard InChI is InChI=1S/C12H16Br2N4O/c1-7(2)12(3-4-15-6-12)11(19)18-10-9(14)17-8(13)5-16-10/h5,7,15H,3-4,6H2,1-2H3,(H,16,18,19). The molecule has 0 radical (unpaired) electrons. The fourth-order valence-corrected chi connectivity index (χ4v) is 3.23. The summed E-state index contributed by atoms with van der Waals surface area (Å²) >= 11 is 6.54. The summed E-state index contributed by atoms with van der Waals surface area (Å²) in [5, 5.41) is 6.15. The minimum absolute atomic E-state index is 0.00447. The number of anilines is 1. The van der Waals surface area contributed by atoms with E-state index >= 15 is 0 Å². The van der Waals surface area contributed by atoms with Gasteiger partial charge in [-0.1, -0.05) is 13.8 Å². The van der Waals surface area contributed by atoms with Crippen molar-refractivity contribution in [3.63, 3.8) is 0 Å². The largest absolute Gasteiger partial charge is 0.316 e. The van der Waals surface area contributed by atoms with Gasteiger partial charge in [-0.3, -0.25) is 4.79 Å². The van der Waals surface area contributed by atoms with Crippen LogP contribution in [0.5, 0.6) is 0 Å². The second-order valence-corrected chi connectivity index (χ2v) is 6.59. The quantitative estimate of drug-likeness (QED) is 0.830. The first kappa shape index (κ1) is 14.9. The summed E-state index contributed by atoms with van der Waals surface area (Å²) in [4.78, 5) is 20.9. The smallest absolute Gasteiger partial charge is 0.233 e. The number of nitrogens with zero attached hydrogens (tertiary/aromatic N) is 2. The SMILES string of the molecule is CC(C)C1(C(=O)Nc2ncc(Br)nc2Br)CCNC1. The molecule has 5 nitrogen and oxygen atoms in total. The Morgan fingerprint density at radius 1 is 1.53 bits per heavy atom. The minimum atomic E-state index is -0.367. The molecule has 1 aliphatic rings. The van der Waals surface area contributed by atoms with Crippen LogP contribution in [-0.4, -0.2) is 29.0 Å². The Labute approximate surface area is 129 Å². The first-order valence-electron chi connectivity index (χ1n) is 6.16. The van der Waals surface area contributed by atoms with Gasteiger partial charge in [0.1, 0.15) is 9.21 Å². The third-order valence-corrected chi connectivity index (χ3v) is 4.61. The van der Waals surface area contributed by atoms with E-state index in [0.29, 0.717) is 21.6 Å². The van der Waals surface area contributed by atoms with E-state index in [-0.39, 0.29) is 17.2 Å². The third-order valence-electron chi connectivity index (χ3n) is 3.68. The molecule has 0 aliphatic carbocycles. The van der Waals surface area contributed by atoms with Crippen molar-refractivity contribution in [2.24, 2.45) is 11.3 Å². The molecule has 1 amide bonds. The van der Waals surface area contributed by atoms with Gasteiger partial charge in [-0.2, -0.15) is 0 Å². The van der Waals surface area contributed by atoms with E-state index < -0.39 is 0 Å². The van der Waals surface area contributed by atoms with Gasteiger partial charge in [0.05, 0.1) is 11.6 Å². The van der Waals surface area contributed by atoms with Crippen LogP contribution in [0.4, 0.5) is 5.82 Å². The first-order valence-corrected chi connectivity index (χ1v) is 7.74. The van der Waals surface area contributed by atoms with Crippen molar-refractivity contribution >= 4 is 43.6 Å². The lowest BCUT2D eigenvalue weighted by Gasteiger charge is -2.30. The van der Waals surface area contributed by atoms with Crippen molar-refractivity contribution in [2.45, 2.75) is 20.3 Å². The molecular formula is C12H16Br2N4O. The molecule has 2 rings (SSSR count). The first-order chi connectivity index (χ1) is 8.95. The number of rotatable bonds is 3. The normalized spacial score (nSPS) is 22.8. The van der Waals surface area contributed by atoms with Crippen LogP contribution in [0.25, 0.3) is 0 Å². The van der Waals surface area contributed by atoms with Gasteiger partial charge in [0.2, 0.25) is 5.91 Å². The van der Waals surface area contributed by atoms with Gasteiger partial charge < -0.3 is 10.6 Å². The minimum Gasteiger partial charge on any atom is -0.316 e. The van der Waals surface area contributed by atoms with E-state index in [9.17, 15) is 4.79 Å². The molecule has 2 heterocycles. The van der Waals surface area contributed by atoms with Crippen LogP contribution in [-0.2, 0) is 4.79 Å². The maximum absolute atomic E-state index is 12.6. The predicted octanol–water partition coefficient (Wildman–Crippen LogP) is 2.58. The van der Waals surface area contributed by atoms with Gasteiger partial charge in [-0.15, -0.1) is 0 Å². The number of hydrogen-bond acceptors (Lipinski definition) is 4. The second-order valence-electron chi connectivity index (χ2n) is 5.02. The van der Waals surface area contributed by atoms with Crippen LogP contribution in [0.15, 0.2) is 15.4 Å². The summed E-state index contributed by atoms with van der Waals surface area (Å²) in [6.07, 6.45) is 2.41. The third kappa shape index (κ3) is 2.98. The zero-order valence-electron chi connectivity index (χ0n) is 10.8. The number of carbonyl (C=O) groups excluding carboxylic acids is 1. The highest BCUT2D eigenvalue weighted by atomic mass is 79.9. The average molecular weight is 392 g/mol. The highest BCUT2D eigenvalue weighted by Gasteiger charge is 2.44. The number of aromatic nitrogens is 2. The molecule has 1 aromatic heterocycles. The van der Waals surface area contributed by atoms with E-state index in [4.69, 9.17) is 0 Å². The van der Waals surface area contributed by atoms with Gasteiger partial charge in [-0.05, 0) is 50.7 Å². The summed E-state index contributed by atoms with van der Waals surface area (Å²) in [5.41, 5.74) is -0.367. The Kier molecular flexibility index (Phi) is 4.58. The Bertz CT molecular complexity index is 487. The fourth-order valence-electron chi connectivity index (χ4n) is 2.32.